The van der Waals surface area contributed by atoms with Crippen molar-refractivity contribution in [3.8, 4) is 0 Å². The fraction of sp³-hybridized carbons (Fsp3) is 1.00. The molecule has 3 rings (SSSR count). The lowest BCUT2D eigenvalue weighted by atomic mass is 9.79. The lowest BCUT2D eigenvalue weighted by molar-refractivity contribution is 0.171. The van der Waals surface area contributed by atoms with E-state index in [4.69, 9.17) is 0 Å². The minimum Gasteiger partial charge on any atom is -0.393 e. The van der Waals surface area contributed by atoms with Gasteiger partial charge in [-0.2, -0.15) is 0 Å². The molecule has 3 fully saturated rings. The van der Waals surface area contributed by atoms with Crippen LogP contribution in [0.2, 0.25) is 0 Å². The third-order valence-electron chi connectivity index (χ3n) is 5.40. The fourth-order valence-corrected chi connectivity index (χ4v) is 4.78. The smallest absolute Gasteiger partial charge is 0.0524 e. The molecular weight excluding hydrogens is 198 g/mol. The maximum atomic E-state index is 9.27. The van der Waals surface area contributed by atoms with E-state index in [1.54, 1.807) is 0 Å². The van der Waals surface area contributed by atoms with Crippen molar-refractivity contribution in [2.75, 3.05) is 6.54 Å². The van der Waals surface area contributed by atoms with Crippen LogP contribution in [0, 0.1) is 23.7 Å². The Bertz CT molecular complexity index is 253. The van der Waals surface area contributed by atoms with E-state index in [9.17, 15) is 5.11 Å². The molecular formula is C14H25NO. The summed E-state index contributed by atoms with van der Waals surface area (Å²) in [6.45, 7) is 2.89. The molecule has 0 heterocycles. The largest absolute Gasteiger partial charge is 0.393 e. The lowest BCUT2D eigenvalue weighted by Crippen LogP contribution is -2.40. The first-order valence-corrected chi connectivity index (χ1v) is 7.17. The summed E-state index contributed by atoms with van der Waals surface area (Å²) in [5.74, 6) is 4.18. The van der Waals surface area contributed by atoms with Crippen LogP contribution in [0.1, 0.15) is 45.4 Å². The van der Waals surface area contributed by atoms with E-state index in [1.807, 2.05) is 6.92 Å². The highest BCUT2D eigenvalue weighted by molar-refractivity contribution is 5.05. The maximum Gasteiger partial charge on any atom is 0.0524 e. The minimum absolute atomic E-state index is 0.148. The Morgan fingerprint density at radius 3 is 2.81 bits per heavy atom. The molecule has 0 radical (unpaired) electrons. The summed E-state index contributed by atoms with van der Waals surface area (Å²) in [4.78, 5) is 0. The molecule has 6 unspecified atom stereocenters. The molecule has 0 aromatic heterocycles. The van der Waals surface area contributed by atoms with E-state index in [2.05, 4.69) is 5.32 Å². The van der Waals surface area contributed by atoms with Crippen LogP contribution in [0.5, 0.6) is 0 Å². The molecule has 16 heavy (non-hydrogen) atoms. The van der Waals surface area contributed by atoms with Gasteiger partial charge in [0, 0.05) is 6.04 Å². The zero-order valence-corrected chi connectivity index (χ0v) is 10.4. The zero-order valence-electron chi connectivity index (χ0n) is 10.4. The Morgan fingerprint density at radius 1 is 1.19 bits per heavy atom. The summed E-state index contributed by atoms with van der Waals surface area (Å²) in [6, 6.07) is 0.781. The van der Waals surface area contributed by atoms with Gasteiger partial charge in [0.25, 0.3) is 0 Å². The molecule has 2 heteroatoms. The van der Waals surface area contributed by atoms with Gasteiger partial charge in [-0.3, -0.25) is 0 Å². The average Bonchev–Trinajstić information content (AvgIpc) is 2.87. The van der Waals surface area contributed by atoms with Crippen molar-refractivity contribution in [2.45, 2.75) is 57.6 Å². The molecule has 0 spiro atoms. The van der Waals surface area contributed by atoms with Crippen molar-refractivity contribution in [3.63, 3.8) is 0 Å². The third-order valence-corrected chi connectivity index (χ3v) is 5.40. The first-order valence-electron chi connectivity index (χ1n) is 7.17. The van der Waals surface area contributed by atoms with Gasteiger partial charge in [-0.25, -0.2) is 0 Å². The number of hydrogen-bond acceptors (Lipinski definition) is 2. The van der Waals surface area contributed by atoms with Crippen molar-refractivity contribution in [2.24, 2.45) is 23.7 Å². The minimum atomic E-state index is -0.148. The maximum absolute atomic E-state index is 9.27. The van der Waals surface area contributed by atoms with Crippen LogP contribution in [-0.2, 0) is 0 Å². The van der Waals surface area contributed by atoms with Gasteiger partial charge in [0.05, 0.1) is 6.10 Å². The summed E-state index contributed by atoms with van der Waals surface area (Å²) in [6.07, 6.45) is 8.19. The molecule has 3 aliphatic rings. The number of hydrogen-bond donors (Lipinski definition) is 2. The number of aliphatic hydroxyl groups is 1. The molecule has 92 valence electrons. The predicted molar refractivity (Wildman–Crippen MR) is 65.1 cm³/mol. The molecule has 2 nitrogen and oxygen atoms in total. The molecule has 2 bridgehead atoms. The Hall–Kier alpha value is -0.0800. The van der Waals surface area contributed by atoms with E-state index >= 15 is 0 Å². The highest BCUT2D eigenvalue weighted by Crippen LogP contribution is 2.58. The second-order valence-corrected chi connectivity index (χ2v) is 6.35. The molecule has 0 aliphatic heterocycles. The van der Waals surface area contributed by atoms with Crippen molar-refractivity contribution >= 4 is 0 Å². The number of fused-ring (bicyclic) bond motifs is 5. The Labute approximate surface area is 98.8 Å². The number of rotatable bonds is 4. The topological polar surface area (TPSA) is 32.3 Å². The molecule has 0 saturated heterocycles. The van der Waals surface area contributed by atoms with Crippen LogP contribution in [0.15, 0.2) is 0 Å². The van der Waals surface area contributed by atoms with E-state index < -0.39 is 0 Å². The highest BCUT2D eigenvalue weighted by Gasteiger charge is 2.53. The third kappa shape index (κ3) is 1.80. The summed E-state index contributed by atoms with van der Waals surface area (Å²) in [5.41, 5.74) is 0. The van der Waals surface area contributed by atoms with E-state index in [0.717, 1.165) is 42.7 Å². The molecule has 0 aromatic rings. The van der Waals surface area contributed by atoms with Crippen LogP contribution in [0.4, 0.5) is 0 Å². The lowest BCUT2D eigenvalue weighted by Gasteiger charge is -2.32. The SMILES string of the molecule is CC(O)CCNC1CC2CC1C1CCCC21. The van der Waals surface area contributed by atoms with Crippen LogP contribution in [-0.4, -0.2) is 23.8 Å². The molecule has 0 amide bonds. The summed E-state index contributed by atoms with van der Waals surface area (Å²) in [5, 5.41) is 13.0. The first kappa shape index (κ1) is 11.0. The second-order valence-electron chi connectivity index (χ2n) is 6.35. The number of aliphatic hydroxyl groups excluding tert-OH is 1. The van der Waals surface area contributed by atoms with Gasteiger partial charge in [-0.15, -0.1) is 0 Å². The van der Waals surface area contributed by atoms with Crippen LogP contribution < -0.4 is 5.32 Å². The van der Waals surface area contributed by atoms with Gasteiger partial charge in [-0.1, -0.05) is 6.42 Å². The van der Waals surface area contributed by atoms with Gasteiger partial charge in [-0.05, 0) is 69.2 Å². The average molecular weight is 223 g/mol. The van der Waals surface area contributed by atoms with Crippen molar-refractivity contribution in [1.82, 2.24) is 5.32 Å². The van der Waals surface area contributed by atoms with Gasteiger partial charge >= 0.3 is 0 Å². The van der Waals surface area contributed by atoms with Gasteiger partial charge < -0.3 is 10.4 Å². The fourth-order valence-electron chi connectivity index (χ4n) is 4.78. The Kier molecular flexibility index (Phi) is 2.97. The van der Waals surface area contributed by atoms with E-state index in [-0.39, 0.29) is 6.10 Å². The summed E-state index contributed by atoms with van der Waals surface area (Å²) >= 11 is 0. The van der Waals surface area contributed by atoms with Crippen LogP contribution in [0.25, 0.3) is 0 Å². The highest BCUT2D eigenvalue weighted by atomic mass is 16.3. The monoisotopic (exact) mass is 223 g/mol. The predicted octanol–water partition coefficient (Wildman–Crippen LogP) is 2.17. The molecule has 0 aromatic carbocycles. The van der Waals surface area contributed by atoms with Gasteiger partial charge in [0.15, 0.2) is 0 Å². The van der Waals surface area contributed by atoms with Crippen molar-refractivity contribution in [1.29, 1.82) is 0 Å². The quantitative estimate of drug-likeness (QED) is 0.765. The standard InChI is InChI=1S/C14H25NO/c1-9(16)5-6-15-14-8-10-7-13(14)12-4-2-3-11(10)12/h9-16H,2-8H2,1H3. The van der Waals surface area contributed by atoms with Crippen molar-refractivity contribution < 1.29 is 5.11 Å². The molecule has 3 saturated carbocycles. The van der Waals surface area contributed by atoms with Crippen LogP contribution >= 0.6 is 0 Å². The van der Waals surface area contributed by atoms with E-state index in [0.29, 0.717) is 0 Å². The Balaban J connectivity index is 1.52. The summed E-state index contributed by atoms with van der Waals surface area (Å²) in [7, 11) is 0. The normalized spacial score (nSPS) is 47.2. The molecule has 2 N–H and O–H groups in total. The van der Waals surface area contributed by atoms with E-state index in [1.165, 1.54) is 32.1 Å². The second kappa shape index (κ2) is 4.30. The number of nitrogens with one attached hydrogen (secondary N) is 1. The van der Waals surface area contributed by atoms with Crippen LogP contribution in [0.3, 0.4) is 0 Å². The van der Waals surface area contributed by atoms with Gasteiger partial charge in [0.2, 0.25) is 0 Å². The molecule has 3 aliphatic carbocycles. The summed E-state index contributed by atoms with van der Waals surface area (Å²) < 4.78 is 0. The zero-order chi connectivity index (χ0) is 11.1. The Morgan fingerprint density at radius 2 is 2.00 bits per heavy atom. The van der Waals surface area contributed by atoms with Crippen molar-refractivity contribution in [3.05, 3.63) is 0 Å². The molecule has 6 atom stereocenters. The first-order chi connectivity index (χ1) is 7.75. The van der Waals surface area contributed by atoms with Gasteiger partial charge in [0.1, 0.15) is 0 Å².